The van der Waals surface area contributed by atoms with Gasteiger partial charge in [0, 0.05) is 6.26 Å². The van der Waals surface area contributed by atoms with Gasteiger partial charge in [0.15, 0.2) is 15.6 Å². The largest absolute Gasteiger partial charge is 0.496 e. The standard InChI is InChI=1S/C11H15NO4S/c1-12-7-8(13)11-9(16-2)5-4-6-10(11)17(3,14)15/h4-6,12H,7H2,1-3H3. The molecule has 0 spiro atoms. The third-order valence-electron chi connectivity index (χ3n) is 2.22. The van der Waals surface area contributed by atoms with Crippen LogP contribution < -0.4 is 10.1 Å². The molecule has 1 aromatic rings. The summed E-state index contributed by atoms with van der Waals surface area (Å²) in [6.45, 7) is 0.0584. The first-order valence-corrected chi connectivity index (χ1v) is 6.85. The predicted molar refractivity (Wildman–Crippen MR) is 64.4 cm³/mol. The van der Waals surface area contributed by atoms with Gasteiger partial charge in [-0.3, -0.25) is 4.79 Å². The number of methoxy groups -OCH3 is 1. The smallest absolute Gasteiger partial charge is 0.181 e. The number of likely N-dealkylation sites (N-methyl/N-ethyl adjacent to an activating group) is 1. The monoisotopic (exact) mass is 257 g/mol. The van der Waals surface area contributed by atoms with Gasteiger partial charge in [-0.15, -0.1) is 0 Å². The van der Waals surface area contributed by atoms with Gasteiger partial charge in [0.2, 0.25) is 0 Å². The number of sulfone groups is 1. The number of hydrogen-bond donors (Lipinski definition) is 1. The molecule has 17 heavy (non-hydrogen) atoms. The predicted octanol–water partition coefficient (Wildman–Crippen LogP) is 0.501. The average molecular weight is 257 g/mol. The van der Waals surface area contributed by atoms with Crippen LogP contribution in [0.25, 0.3) is 0 Å². The van der Waals surface area contributed by atoms with E-state index in [1.54, 1.807) is 19.2 Å². The second-order valence-electron chi connectivity index (χ2n) is 3.56. The van der Waals surface area contributed by atoms with Crippen LogP contribution in [-0.2, 0) is 9.84 Å². The minimum absolute atomic E-state index is 0.00269. The lowest BCUT2D eigenvalue weighted by Gasteiger charge is -2.11. The van der Waals surface area contributed by atoms with Crippen molar-refractivity contribution >= 4 is 15.6 Å². The molecule has 0 fully saturated rings. The van der Waals surface area contributed by atoms with E-state index in [-0.39, 0.29) is 28.5 Å². The fourth-order valence-corrected chi connectivity index (χ4v) is 2.42. The molecular formula is C11H15NO4S. The maximum atomic E-state index is 11.9. The fourth-order valence-electron chi connectivity index (χ4n) is 1.51. The highest BCUT2D eigenvalue weighted by atomic mass is 32.2. The van der Waals surface area contributed by atoms with Gasteiger partial charge in [-0.05, 0) is 19.2 Å². The van der Waals surface area contributed by atoms with Crippen LogP contribution in [0.1, 0.15) is 10.4 Å². The molecule has 94 valence electrons. The van der Waals surface area contributed by atoms with Gasteiger partial charge in [-0.2, -0.15) is 0 Å². The number of Topliss-reactive ketones (excluding diaryl/α,β-unsaturated/α-hetero) is 1. The van der Waals surface area contributed by atoms with E-state index in [0.717, 1.165) is 6.26 Å². The second-order valence-corrected chi connectivity index (χ2v) is 5.54. The van der Waals surface area contributed by atoms with Crippen LogP contribution in [0, 0.1) is 0 Å². The average Bonchev–Trinajstić information content (AvgIpc) is 2.27. The van der Waals surface area contributed by atoms with Crippen molar-refractivity contribution in [3.05, 3.63) is 23.8 Å². The summed E-state index contributed by atoms with van der Waals surface area (Å²) in [5.41, 5.74) is 0.104. The molecule has 0 saturated carbocycles. The number of benzene rings is 1. The Morgan fingerprint density at radius 2 is 2.06 bits per heavy atom. The van der Waals surface area contributed by atoms with Gasteiger partial charge >= 0.3 is 0 Å². The second kappa shape index (κ2) is 5.29. The van der Waals surface area contributed by atoms with E-state index in [0.29, 0.717) is 0 Å². The first-order chi connectivity index (χ1) is 7.91. The van der Waals surface area contributed by atoms with E-state index in [9.17, 15) is 13.2 Å². The lowest BCUT2D eigenvalue weighted by atomic mass is 10.1. The molecule has 0 bridgehead atoms. The molecule has 1 rings (SSSR count). The summed E-state index contributed by atoms with van der Waals surface area (Å²) >= 11 is 0. The van der Waals surface area contributed by atoms with E-state index in [1.807, 2.05) is 0 Å². The molecule has 0 aliphatic heterocycles. The van der Waals surface area contributed by atoms with Crippen LogP contribution in [0.5, 0.6) is 5.75 Å². The van der Waals surface area contributed by atoms with Crippen LogP contribution in [0.4, 0.5) is 0 Å². The van der Waals surface area contributed by atoms with Gasteiger partial charge in [0.1, 0.15) is 5.75 Å². The lowest BCUT2D eigenvalue weighted by Crippen LogP contribution is -2.21. The number of ketones is 1. The summed E-state index contributed by atoms with van der Waals surface area (Å²) in [6.07, 6.45) is 1.07. The Bertz CT molecular complexity index is 522. The van der Waals surface area contributed by atoms with Crippen molar-refractivity contribution in [2.45, 2.75) is 4.90 Å². The zero-order valence-electron chi connectivity index (χ0n) is 9.98. The zero-order chi connectivity index (χ0) is 13.1. The topological polar surface area (TPSA) is 72.5 Å². The van der Waals surface area contributed by atoms with Crippen LogP contribution in [0.3, 0.4) is 0 Å². The minimum atomic E-state index is -3.46. The molecule has 0 aliphatic rings. The number of ether oxygens (including phenoxy) is 1. The molecule has 5 nitrogen and oxygen atoms in total. The maximum absolute atomic E-state index is 11.9. The third-order valence-corrected chi connectivity index (χ3v) is 3.36. The van der Waals surface area contributed by atoms with Crippen molar-refractivity contribution in [1.29, 1.82) is 0 Å². The highest BCUT2D eigenvalue weighted by Gasteiger charge is 2.22. The van der Waals surface area contributed by atoms with E-state index < -0.39 is 9.84 Å². The summed E-state index contributed by atoms with van der Waals surface area (Å²) in [5, 5.41) is 2.70. The molecule has 0 amide bonds. The molecule has 0 atom stereocenters. The fraction of sp³-hybridized carbons (Fsp3) is 0.364. The Balaban J connectivity index is 3.46. The van der Waals surface area contributed by atoms with Crippen LogP contribution in [0.15, 0.2) is 23.1 Å². The number of nitrogens with one attached hydrogen (secondary N) is 1. The molecule has 0 radical (unpaired) electrons. The van der Waals surface area contributed by atoms with Crippen molar-refractivity contribution < 1.29 is 17.9 Å². The number of carbonyl (C=O) groups excluding carboxylic acids is 1. The van der Waals surface area contributed by atoms with Crippen molar-refractivity contribution in [2.75, 3.05) is 27.0 Å². The summed E-state index contributed by atoms with van der Waals surface area (Å²) in [7, 11) is -0.439. The molecule has 6 heteroatoms. The van der Waals surface area contributed by atoms with E-state index >= 15 is 0 Å². The summed E-state index contributed by atoms with van der Waals surface area (Å²) < 4.78 is 28.2. The van der Waals surface area contributed by atoms with Gasteiger partial charge in [0.05, 0.1) is 24.1 Å². The normalized spacial score (nSPS) is 11.2. The van der Waals surface area contributed by atoms with E-state index in [4.69, 9.17) is 4.74 Å². The van der Waals surface area contributed by atoms with Gasteiger partial charge in [-0.1, -0.05) is 6.07 Å². The highest BCUT2D eigenvalue weighted by Crippen LogP contribution is 2.26. The molecule has 0 aliphatic carbocycles. The number of rotatable bonds is 5. The van der Waals surface area contributed by atoms with Crippen molar-refractivity contribution in [1.82, 2.24) is 5.32 Å². The SMILES string of the molecule is CNCC(=O)c1c(OC)cccc1S(C)(=O)=O. The Kier molecular flexibility index (Phi) is 4.25. The zero-order valence-corrected chi connectivity index (χ0v) is 10.8. The first-order valence-electron chi connectivity index (χ1n) is 4.96. The molecule has 1 N–H and O–H groups in total. The van der Waals surface area contributed by atoms with Gasteiger partial charge in [0.25, 0.3) is 0 Å². The molecular weight excluding hydrogens is 242 g/mol. The third kappa shape index (κ3) is 3.04. The molecule has 0 aromatic heterocycles. The van der Waals surface area contributed by atoms with E-state index in [2.05, 4.69) is 5.32 Å². The number of hydrogen-bond acceptors (Lipinski definition) is 5. The minimum Gasteiger partial charge on any atom is -0.496 e. The van der Waals surface area contributed by atoms with Crippen molar-refractivity contribution in [3.63, 3.8) is 0 Å². The van der Waals surface area contributed by atoms with Crippen LogP contribution in [0.2, 0.25) is 0 Å². The summed E-state index contributed by atoms with van der Waals surface area (Å²) in [5.74, 6) is -0.0430. The molecule has 1 aromatic carbocycles. The maximum Gasteiger partial charge on any atom is 0.181 e. The Morgan fingerprint density at radius 1 is 1.41 bits per heavy atom. The highest BCUT2D eigenvalue weighted by molar-refractivity contribution is 7.90. The number of carbonyl (C=O) groups is 1. The molecule has 0 saturated heterocycles. The van der Waals surface area contributed by atoms with Crippen molar-refractivity contribution in [2.24, 2.45) is 0 Å². The first kappa shape index (κ1) is 13.7. The summed E-state index contributed by atoms with van der Waals surface area (Å²) in [4.78, 5) is 11.9. The molecule has 0 heterocycles. The lowest BCUT2D eigenvalue weighted by molar-refractivity contribution is 0.0987. The van der Waals surface area contributed by atoms with Crippen LogP contribution >= 0.6 is 0 Å². The van der Waals surface area contributed by atoms with Gasteiger partial charge < -0.3 is 10.1 Å². The Hall–Kier alpha value is -1.40. The van der Waals surface area contributed by atoms with Crippen LogP contribution in [-0.4, -0.2) is 41.2 Å². The summed E-state index contributed by atoms with van der Waals surface area (Å²) in [6, 6.07) is 4.52. The quantitative estimate of drug-likeness (QED) is 0.778. The van der Waals surface area contributed by atoms with Gasteiger partial charge in [-0.25, -0.2) is 8.42 Å². The van der Waals surface area contributed by atoms with E-state index in [1.165, 1.54) is 13.2 Å². The molecule has 0 unspecified atom stereocenters. The Labute approximate surface area is 101 Å². The van der Waals surface area contributed by atoms with Crippen molar-refractivity contribution in [3.8, 4) is 5.75 Å². The Morgan fingerprint density at radius 3 is 2.53 bits per heavy atom.